The summed E-state index contributed by atoms with van der Waals surface area (Å²) in [5.41, 5.74) is 9.34. The van der Waals surface area contributed by atoms with Crippen molar-refractivity contribution in [1.29, 1.82) is 0 Å². The Morgan fingerprint density at radius 2 is 2.14 bits per heavy atom. The molecule has 2 heteroatoms. The van der Waals surface area contributed by atoms with Gasteiger partial charge in [0, 0.05) is 0 Å². The molecule has 0 spiro atoms. The lowest BCUT2D eigenvalue weighted by Gasteiger charge is -2.13. The van der Waals surface area contributed by atoms with E-state index in [0.717, 1.165) is 18.4 Å². The van der Waals surface area contributed by atoms with Crippen LogP contribution in [0.15, 0.2) is 18.2 Å². The minimum absolute atomic E-state index is 0.00790. The first-order valence-corrected chi connectivity index (χ1v) is 5.15. The predicted octanol–water partition coefficient (Wildman–Crippen LogP) is 1.94. The van der Waals surface area contributed by atoms with Crippen LogP contribution in [-0.2, 0) is 6.42 Å². The molecule has 1 atom stereocenters. The van der Waals surface area contributed by atoms with E-state index in [1.807, 2.05) is 13.0 Å². The maximum absolute atomic E-state index is 8.96. The average Bonchev–Trinajstić information content (AvgIpc) is 2.17. The first-order valence-electron chi connectivity index (χ1n) is 5.15. The highest BCUT2D eigenvalue weighted by atomic mass is 16.3. The fourth-order valence-electron chi connectivity index (χ4n) is 1.70. The lowest BCUT2D eigenvalue weighted by Crippen LogP contribution is -2.15. The number of aliphatic hydroxyl groups excluding tert-OH is 1. The highest BCUT2D eigenvalue weighted by Crippen LogP contribution is 2.17. The van der Waals surface area contributed by atoms with Crippen molar-refractivity contribution in [2.75, 3.05) is 6.61 Å². The van der Waals surface area contributed by atoms with Crippen LogP contribution in [0.2, 0.25) is 0 Å². The van der Waals surface area contributed by atoms with E-state index >= 15 is 0 Å². The number of nitrogens with two attached hydrogens (primary N) is 1. The largest absolute Gasteiger partial charge is 0.394 e. The van der Waals surface area contributed by atoms with Gasteiger partial charge in [-0.25, -0.2) is 0 Å². The molecule has 0 saturated carbocycles. The summed E-state index contributed by atoms with van der Waals surface area (Å²) in [5, 5.41) is 8.96. The van der Waals surface area contributed by atoms with E-state index in [0.29, 0.717) is 0 Å². The summed E-state index contributed by atoms with van der Waals surface area (Å²) in [4.78, 5) is 0. The molecule has 0 radical (unpaired) electrons. The van der Waals surface area contributed by atoms with E-state index in [1.54, 1.807) is 0 Å². The molecule has 14 heavy (non-hydrogen) atoms. The Morgan fingerprint density at radius 1 is 1.43 bits per heavy atom. The third-order valence-corrected chi connectivity index (χ3v) is 2.47. The van der Waals surface area contributed by atoms with Crippen LogP contribution in [0.25, 0.3) is 0 Å². The summed E-state index contributed by atoms with van der Waals surface area (Å²) >= 11 is 0. The third-order valence-electron chi connectivity index (χ3n) is 2.47. The van der Waals surface area contributed by atoms with Crippen LogP contribution in [0, 0.1) is 6.92 Å². The van der Waals surface area contributed by atoms with Crippen molar-refractivity contribution in [3.05, 3.63) is 34.9 Å². The van der Waals surface area contributed by atoms with Crippen LogP contribution in [-0.4, -0.2) is 11.7 Å². The van der Waals surface area contributed by atoms with Gasteiger partial charge in [-0.15, -0.1) is 0 Å². The number of aliphatic hydroxyl groups is 1. The van der Waals surface area contributed by atoms with E-state index in [9.17, 15) is 0 Å². The molecule has 0 aliphatic heterocycles. The van der Waals surface area contributed by atoms with Crippen molar-refractivity contribution in [1.82, 2.24) is 0 Å². The van der Waals surface area contributed by atoms with Gasteiger partial charge in [-0.2, -0.15) is 0 Å². The molecule has 0 aliphatic rings. The summed E-state index contributed by atoms with van der Waals surface area (Å²) in [6, 6.07) is 6.04. The third kappa shape index (κ3) is 2.56. The zero-order valence-corrected chi connectivity index (χ0v) is 8.96. The Kier molecular flexibility index (Phi) is 4.11. The monoisotopic (exact) mass is 193 g/mol. The molecule has 78 valence electrons. The number of hydrogen-bond donors (Lipinski definition) is 2. The Bertz CT molecular complexity index is 296. The second-order valence-corrected chi connectivity index (χ2v) is 3.73. The van der Waals surface area contributed by atoms with E-state index in [-0.39, 0.29) is 12.6 Å². The Hall–Kier alpha value is -0.860. The molecule has 0 saturated heterocycles. The van der Waals surface area contributed by atoms with Crippen LogP contribution < -0.4 is 5.73 Å². The van der Waals surface area contributed by atoms with Gasteiger partial charge < -0.3 is 10.8 Å². The Morgan fingerprint density at radius 3 is 2.64 bits per heavy atom. The van der Waals surface area contributed by atoms with Crippen LogP contribution in [0.4, 0.5) is 0 Å². The van der Waals surface area contributed by atoms with Crippen molar-refractivity contribution >= 4 is 0 Å². The number of hydrogen-bond acceptors (Lipinski definition) is 2. The lowest BCUT2D eigenvalue weighted by molar-refractivity contribution is 0.267. The summed E-state index contributed by atoms with van der Waals surface area (Å²) in [5.74, 6) is 0. The lowest BCUT2D eigenvalue weighted by atomic mass is 9.98. The summed E-state index contributed by atoms with van der Waals surface area (Å²) < 4.78 is 0. The SMILES string of the molecule is CCCc1ccc([C@H](N)CO)c(C)c1. The van der Waals surface area contributed by atoms with Gasteiger partial charge in [0.2, 0.25) is 0 Å². The molecule has 0 heterocycles. The molecule has 1 aromatic carbocycles. The van der Waals surface area contributed by atoms with Gasteiger partial charge in [0.25, 0.3) is 0 Å². The molecule has 0 amide bonds. The average molecular weight is 193 g/mol. The number of benzene rings is 1. The quantitative estimate of drug-likeness (QED) is 0.767. The van der Waals surface area contributed by atoms with Crippen molar-refractivity contribution < 1.29 is 5.11 Å². The normalized spacial score (nSPS) is 12.9. The highest BCUT2D eigenvalue weighted by Gasteiger charge is 2.07. The van der Waals surface area contributed by atoms with Gasteiger partial charge in [-0.3, -0.25) is 0 Å². The van der Waals surface area contributed by atoms with E-state index in [2.05, 4.69) is 19.1 Å². The minimum Gasteiger partial charge on any atom is -0.394 e. The molecule has 2 nitrogen and oxygen atoms in total. The summed E-state index contributed by atoms with van der Waals surface area (Å²) in [6.07, 6.45) is 2.26. The maximum Gasteiger partial charge on any atom is 0.0624 e. The molecule has 3 N–H and O–H groups in total. The van der Waals surface area contributed by atoms with Crippen molar-refractivity contribution in [2.45, 2.75) is 32.7 Å². The molecule has 0 fully saturated rings. The highest BCUT2D eigenvalue weighted by molar-refractivity contribution is 5.33. The van der Waals surface area contributed by atoms with Gasteiger partial charge in [0.1, 0.15) is 0 Å². The number of aryl methyl sites for hydroxylation is 2. The van der Waals surface area contributed by atoms with Gasteiger partial charge in [-0.05, 0) is 30.0 Å². The second kappa shape index (κ2) is 5.13. The summed E-state index contributed by atoms with van der Waals surface area (Å²) in [7, 11) is 0. The van der Waals surface area contributed by atoms with Gasteiger partial charge >= 0.3 is 0 Å². The van der Waals surface area contributed by atoms with Crippen molar-refractivity contribution in [2.24, 2.45) is 5.73 Å². The van der Waals surface area contributed by atoms with E-state index in [4.69, 9.17) is 10.8 Å². The maximum atomic E-state index is 8.96. The zero-order chi connectivity index (χ0) is 10.6. The standard InChI is InChI=1S/C12H19NO/c1-3-4-10-5-6-11(9(2)7-10)12(13)8-14/h5-7,12,14H,3-4,8,13H2,1-2H3/t12-/m1/s1. The topological polar surface area (TPSA) is 46.2 Å². The van der Waals surface area contributed by atoms with E-state index < -0.39 is 0 Å². The van der Waals surface area contributed by atoms with Gasteiger partial charge in [0.15, 0.2) is 0 Å². The molecule has 0 aliphatic carbocycles. The van der Waals surface area contributed by atoms with Crippen LogP contribution in [0.3, 0.4) is 0 Å². The molecule has 0 unspecified atom stereocenters. The molecule has 1 rings (SSSR count). The molecule has 0 aromatic heterocycles. The Balaban J connectivity index is 2.89. The van der Waals surface area contributed by atoms with Crippen LogP contribution in [0.1, 0.15) is 36.1 Å². The van der Waals surface area contributed by atoms with Crippen molar-refractivity contribution in [3.8, 4) is 0 Å². The first-order chi connectivity index (χ1) is 6.69. The Labute approximate surface area is 85.8 Å². The fraction of sp³-hybridized carbons (Fsp3) is 0.500. The van der Waals surface area contributed by atoms with E-state index in [1.165, 1.54) is 11.1 Å². The summed E-state index contributed by atoms with van der Waals surface area (Å²) in [6.45, 7) is 4.22. The van der Waals surface area contributed by atoms with Crippen molar-refractivity contribution in [3.63, 3.8) is 0 Å². The molecular weight excluding hydrogens is 174 g/mol. The zero-order valence-electron chi connectivity index (χ0n) is 8.96. The van der Waals surface area contributed by atoms with Crippen LogP contribution >= 0.6 is 0 Å². The molecular formula is C12H19NO. The number of rotatable bonds is 4. The fourth-order valence-corrected chi connectivity index (χ4v) is 1.70. The minimum atomic E-state index is -0.245. The molecule has 1 aromatic rings. The van der Waals surface area contributed by atoms with Gasteiger partial charge in [0.05, 0.1) is 12.6 Å². The first kappa shape index (κ1) is 11.2. The second-order valence-electron chi connectivity index (χ2n) is 3.73. The van der Waals surface area contributed by atoms with Gasteiger partial charge in [-0.1, -0.05) is 31.5 Å². The smallest absolute Gasteiger partial charge is 0.0624 e. The predicted molar refractivity (Wildman–Crippen MR) is 59.2 cm³/mol. The molecule has 0 bridgehead atoms. The van der Waals surface area contributed by atoms with Crippen LogP contribution in [0.5, 0.6) is 0 Å².